The molecule has 0 saturated heterocycles. The second-order valence-corrected chi connectivity index (χ2v) is 2.33. The Morgan fingerprint density at radius 1 is 1.70 bits per heavy atom. The maximum atomic E-state index is 9.17. The third-order valence-corrected chi connectivity index (χ3v) is 1.43. The fraction of sp³-hybridized carbons (Fsp3) is 0.556. The first-order valence-electron chi connectivity index (χ1n) is 3.42. The van der Waals surface area contributed by atoms with Crippen molar-refractivity contribution >= 4 is 0 Å². The van der Waals surface area contributed by atoms with E-state index >= 15 is 0 Å². The molecule has 0 aromatic carbocycles. The van der Waals surface area contributed by atoms with Crippen molar-refractivity contribution in [3.8, 4) is 11.8 Å². The van der Waals surface area contributed by atoms with Crippen LogP contribution in [0.3, 0.4) is 0 Å². The van der Waals surface area contributed by atoms with Gasteiger partial charge in [-0.3, -0.25) is 0 Å². The molecule has 2 atom stereocenters. The molecule has 0 saturated carbocycles. The molecule has 1 nitrogen and oxygen atoms in total. The minimum atomic E-state index is -0.416. The van der Waals surface area contributed by atoms with Crippen molar-refractivity contribution in [2.24, 2.45) is 5.92 Å². The Bertz CT molecular complexity index is 150. The maximum absolute atomic E-state index is 9.17. The van der Waals surface area contributed by atoms with Crippen LogP contribution in [0.4, 0.5) is 0 Å². The molecule has 0 aromatic heterocycles. The third kappa shape index (κ3) is 3.32. The normalized spacial score (nSPS) is 14.7. The van der Waals surface area contributed by atoms with E-state index in [1.165, 1.54) is 0 Å². The molecule has 0 radical (unpaired) electrons. The van der Waals surface area contributed by atoms with Crippen molar-refractivity contribution in [1.29, 1.82) is 0 Å². The molecule has 1 heteroatoms. The van der Waals surface area contributed by atoms with Crippen LogP contribution < -0.4 is 0 Å². The second-order valence-electron chi connectivity index (χ2n) is 2.33. The summed E-state index contributed by atoms with van der Waals surface area (Å²) in [4.78, 5) is 0. The van der Waals surface area contributed by atoms with Gasteiger partial charge in [-0.1, -0.05) is 13.0 Å². The van der Waals surface area contributed by atoms with Crippen LogP contribution in [0.2, 0.25) is 0 Å². The van der Waals surface area contributed by atoms with E-state index in [0.29, 0.717) is 0 Å². The first-order chi connectivity index (χ1) is 4.72. The molecule has 0 amide bonds. The zero-order chi connectivity index (χ0) is 7.98. The average Bonchev–Trinajstić information content (AvgIpc) is 1.98. The number of aliphatic hydroxyl groups excluding tert-OH is 1. The minimum absolute atomic E-state index is 0.199. The summed E-state index contributed by atoms with van der Waals surface area (Å²) in [6.07, 6.45) is 1.87. The van der Waals surface area contributed by atoms with Crippen LogP contribution in [-0.4, -0.2) is 11.2 Å². The van der Waals surface area contributed by atoms with E-state index in [1.54, 1.807) is 13.0 Å². The Balaban J connectivity index is 3.67. The van der Waals surface area contributed by atoms with Gasteiger partial charge < -0.3 is 5.11 Å². The van der Waals surface area contributed by atoms with Gasteiger partial charge in [0, 0.05) is 6.42 Å². The Hall–Kier alpha value is -0.740. The lowest BCUT2D eigenvalue weighted by molar-refractivity contribution is 0.165. The fourth-order valence-corrected chi connectivity index (χ4v) is 0.616. The van der Waals surface area contributed by atoms with Crippen molar-refractivity contribution in [3.63, 3.8) is 0 Å². The van der Waals surface area contributed by atoms with Crippen molar-refractivity contribution in [2.75, 3.05) is 0 Å². The fourth-order valence-electron chi connectivity index (χ4n) is 0.616. The third-order valence-electron chi connectivity index (χ3n) is 1.43. The molecule has 0 unspecified atom stereocenters. The lowest BCUT2D eigenvalue weighted by atomic mass is 10.0. The van der Waals surface area contributed by atoms with E-state index in [4.69, 9.17) is 5.11 Å². The Labute approximate surface area is 62.8 Å². The predicted molar refractivity (Wildman–Crippen MR) is 43.4 cm³/mol. The van der Waals surface area contributed by atoms with E-state index < -0.39 is 6.10 Å². The van der Waals surface area contributed by atoms with Gasteiger partial charge in [-0.05, 0) is 12.8 Å². The van der Waals surface area contributed by atoms with Gasteiger partial charge in [0.15, 0.2) is 0 Å². The molecule has 10 heavy (non-hydrogen) atoms. The summed E-state index contributed by atoms with van der Waals surface area (Å²) < 4.78 is 0. The highest BCUT2D eigenvalue weighted by Gasteiger charge is 2.07. The van der Waals surface area contributed by atoms with Crippen molar-refractivity contribution in [2.45, 2.75) is 26.4 Å². The van der Waals surface area contributed by atoms with Crippen LogP contribution in [-0.2, 0) is 0 Å². The highest BCUT2D eigenvalue weighted by Crippen LogP contribution is 2.07. The molecule has 0 heterocycles. The van der Waals surface area contributed by atoms with E-state index in [-0.39, 0.29) is 5.92 Å². The Morgan fingerprint density at radius 2 is 2.30 bits per heavy atom. The highest BCUT2D eigenvalue weighted by molar-refractivity contribution is 4.98. The highest BCUT2D eigenvalue weighted by atomic mass is 16.3. The number of hydrogen-bond donors (Lipinski definition) is 1. The summed E-state index contributed by atoms with van der Waals surface area (Å²) in [7, 11) is 0. The van der Waals surface area contributed by atoms with E-state index in [9.17, 15) is 0 Å². The molecule has 0 aliphatic carbocycles. The standard InChI is InChI=1S/C9H14O/c1-4-6-7-8(3)9(10)5-2/h5,8-10H,2,7H2,1,3H3/t8-,9+/m1/s1. The van der Waals surface area contributed by atoms with Crippen LogP contribution in [0.15, 0.2) is 12.7 Å². The zero-order valence-corrected chi connectivity index (χ0v) is 6.59. The van der Waals surface area contributed by atoms with E-state index in [1.807, 2.05) is 6.92 Å². The first kappa shape index (κ1) is 9.26. The van der Waals surface area contributed by atoms with E-state index in [2.05, 4.69) is 18.4 Å². The summed E-state index contributed by atoms with van der Waals surface area (Å²) in [5.41, 5.74) is 0. The maximum Gasteiger partial charge on any atom is 0.0752 e. The van der Waals surface area contributed by atoms with Crippen LogP contribution in [0, 0.1) is 17.8 Å². The predicted octanol–water partition coefficient (Wildman–Crippen LogP) is 1.58. The molecule has 0 aliphatic rings. The van der Waals surface area contributed by atoms with Gasteiger partial charge in [-0.15, -0.1) is 18.4 Å². The molecular weight excluding hydrogens is 124 g/mol. The molecular formula is C9H14O. The van der Waals surface area contributed by atoms with Crippen molar-refractivity contribution in [1.82, 2.24) is 0 Å². The van der Waals surface area contributed by atoms with Crippen LogP contribution in [0.25, 0.3) is 0 Å². The van der Waals surface area contributed by atoms with Crippen molar-refractivity contribution in [3.05, 3.63) is 12.7 Å². The number of rotatable bonds is 3. The zero-order valence-electron chi connectivity index (χ0n) is 6.59. The molecule has 0 aromatic rings. The van der Waals surface area contributed by atoms with Gasteiger partial charge in [0.25, 0.3) is 0 Å². The molecule has 0 aliphatic heterocycles. The summed E-state index contributed by atoms with van der Waals surface area (Å²) in [5.74, 6) is 5.89. The van der Waals surface area contributed by atoms with Gasteiger partial charge >= 0.3 is 0 Å². The van der Waals surface area contributed by atoms with Gasteiger partial charge in [0.05, 0.1) is 6.10 Å². The lowest BCUT2D eigenvalue weighted by Gasteiger charge is -2.10. The topological polar surface area (TPSA) is 20.2 Å². The summed E-state index contributed by atoms with van der Waals surface area (Å²) in [6.45, 7) is 7.25. The van der Waals surface area contributed by atoms with Crippen LogP contribution >= 0.6 is 0 Å². The molecule has 0 fully saturated rings. The molecule has 56 valence electrons. The van der Waals surface area contributed by atoms with Gasteiger partial charge in [-0.25, -0.2) is 0 Å². The van der Waals surface area contributed by atoms with Crippen LogP contribution in [0.5, 0.6) is 0 Å². The first-order valence-corrected chi connectivity index (χ1v) is 3.42. The van der Waals surface area contributed by atoms with Gasteiger partial charge in [-0.2, -0.15) is 0 Å². The summed E-state index contributed by atoms with van der Waals surface area (Å²) >= 11 is 0. The monoisotopic (exact) mass is 138 g/mol. The summed E-state index contributed by atoms with van der Waals surface area (Å²) in [5, 5.41) is 9.17. The number of hydrogen-bond acceptors (Lipinski definition) is 1. The van der Waals surface area contributed by atoms with Gasteiger partial charge in [0.1, 0.15) is 0 Å². The summed E-state index contributed by atoms with van der Waals surface area (Å²) in [6, 6.07) is 0. The molecule has 0 spiro atoms. The van der Waals surface area contributed by atoms with Crippen molar-refractivity contribution < 1.29 is 5.11 Å². The van der Waals surface area contributed by atoms with Crippen LogP contribution in [0.1, 0.15) is 20.3 Å². The Morgan fingerprint density at radius 3 is 2.70 bits per heavy atom. The average molecular weight is 138 g/mol. The smallest absolute Gasteiger partial charge is 0.0752 e. The second kappa shape index (κ2) is 5.08. The minimum Gasteiger partial charge on any atom is -0.389 e. The van der Waals surface area contributed by atoms with Gasteiger partial charge in [0.2, 0.25) is 0 Å². The SMILES string of the molecule is C=C[C@H](O)[C@H](C)CC#CC. The lowest BCUT2D eigenvalue weighted by Crippen LogP contribution is -2.13. The molecule has 0 rings (SSSR count). The number of aliphatic hydroxyl groups is 1. The Kier molecular flexibility index (Phi) is 4.70. The molecule has 0 bridgehead atoms. The molecule has 1 N–H and O–H groups in total. The quantitative estimate of drug-likeness (QED) is 0.463. The van der Waals surface area contributed by atoms with E-state index in [0.717, 1.165) is 6.42 Å². The largest absolute Gasteiger partial charge is 0.389 e.